The molecule has 0 saturated heterocycles. The first kappa shape index (κ1) is 15.2. The van der Waals surface area contributed by atoms with Gasteiger partial charge in [0.1, 0.15) is 5.75 Å². The molecule has 2 atom stereocenters. The second-order valence-corrected chi connectivity index (χ2v) is 5.03. The summed E-state index contributed by atoms with van der Waals surface area (Å²) in [7, 11) is 0. The lowest BCUT2D eigenvalue weighted by Crippen LogP contribution is -2.22. The summed E-state index contributed by atoms with van der Waals surface area (Å²) in [5, 5.41) is 0. The summed E-state index contributed by atoms with van der Waals surface area (Å²) in [5.74, 6) is -0.188. The van der Waals surface area contributed by atoms with Crippen molar-refractivity contribution in [3.8, 4) is 5.75 Å². The number of halogens is 2. The molecule has 1 aliphatic carbocycles. The predicted molar refractivity (Wildman–Crippen MR) is 78.4 cm³/mol. The van der Waals surface area contributed by atoms with Crippen LogP contribution in [0.4, 0.5) is 8.78 Å². The van der Waals surface area contributed by atoms with E-state index in [1.165, 1.54) is 0 Å². The summed E-state index contributed by atoms with van der Waals surface area (Å²) in [5.41, 5.74) is 1.51. The monoisotopic (exact) mass is 290 g/mol. The standard InChI is InChI=1S/C17H16F2O2/c1-10(2)17(20)21-13-7-5-12(6-8-13)14-9-4-11(3)15(18)16(14)19/h4-9,15-16H,1H2,2-3H3. The fourth-order valence-electron chi connectivity index (χ4n) is 1.96. The van der Waals surface area contributed by atoms with Crippen LogP contribution < -0.4 is 4.74 Å². The van der Waals surface area contributed by atoms with Crippen LogP contribution in [-0.2, 0) is 4.79 Å². The maximum Gasteiger partial charge on any atom is 0.338 e. The van der Waals surface area contributed by atoms with Crippen LogP contribution in [0.25, 0.3) is 5.57 Å². The molecule has 0 fully saturated rings. The Labute approximate surface area is 122 Å². The van der Waals surface area contributed by atoms with Crippen LogP contribution in [0.3, 0.4) is 0 Å². The fourth-order valence-corrected chi connectivity index (χ4v) is 1.96. The quantitative estimate of drug-likeness (QED) is 0.474. The third-order valence-electron chi connectivity index (χ3n) is 3.26. The molecule has 1 aliphatic rings. The van der Waals surface area contributed by atoms with Gasteiger partial charge in [0.2, 0.25) is 0 Å². The van der Waals surface area contributed by atoms with Crippen LogP contribution in [0.2, 0.25) is 0 Å². The van der Waals surface area contributed by atoms with Crippen molar-refractivity contribution in [2.24, 2.45) is 0 Å². The lowest BCUT2D eigenvalue weighted by atomic mass is 9.91. The molecule has 1 aromatic rings. The second-order valence-electron chi connectivity index (χ2n) is 5.03. The zero-order valence-electron chi connectivity index (χ0n) is 11.9. The molecular formula is C17H16F2O2. The number of esters is 1. The molecule has 0 aliphatic heterocycles. The molecular weight excluding hydrogens is 274 g/mol. The van der Waals surface area contributed by atoms with E-state index < -0.39 is 18.3 Å². The predicted octanol–water partition coefficient (Wildman–Crippen LogP) is 4.19. The number of hydrogen-bond acceptors (Lipinski definition) is 2. The van der Waals surface area contributed by atoms with Crippen LogP contribution in [0.15, 0.2) is 54.1 Å². The summed E-state index contributed by atoms with van der Waals surface area (Å²) in [6, 6.07) is 6.28. The molecule has 110 valence electrons. The average Bonchev–Trinajstić information content (AvgIpc) is 2.46. The van der Waals surface area contributed by atoms with Gasteiger partial charge in [-0.3, -0.25) is 0 Å². The number of alkyl halides is 2. The number of rotatable bonds is 3. The molecule has 0 radical (unpaired) electrons. The highest BCUT2D eigenvalue weighted by Crippen LogP contribution is 2.32. The zero-order valence-corrected chi connectivity index (χ0v) is 11.9. The van der Waals surface area contributed by atoms with Crippen LogP contribution in [0.1, 0.15) is 19.4 Å². The van der Waals surface area contributed by atoms with Gasteiger partial charge in [0, 0.05) is 5.57 Å². The Morgan fingerprint density at radius 3 is 2.33 bits per heavy atom. The Morgan fingerprint density at radius 1 is 1.14 bits per heavy atom. The van der Waals surface area contributed by atoms with E-state index in [9.17, 15) is 13.6 Å². The first-order chi connectivity index (χ1) is 9.90. The van der Waals surface area contributed by atoms with Gasteiger partial charge in [-0.1, -0.05) is 30.9 Å². The van der Waals surface area contributed by atoms with E-state index in [0.717, 1.165) is 0 Å². The molecule has 0 bridgehead atoms. The summed E-state index contributed by atoms with van der Waals surface area (Å²) in [6.45, 7) is 6.60. The highest BCUT2D eigenvalue weighted by atomic mass is 19.2. The molecule has 0 N–H and O–H groups in total. The Morgan fingerprint density at radius 2 is 1.76 bits per heavy atom. The zero-order chi connectivity index (χ0) is 15.6. The largest absolute Gasteiger partial charge is 0.423 e. The molecule has 21 heavy (non-hydrogen) atoms. The first-order valence-electron chi connectivity index (χ1n) is 6.55. The van der Waals surface area contributed by atoms with Crippen LogP contribution in [-0.4, -0.2) is 18.3 Å². The van der Waals surface area contributed by atoms with Gasteiger partial charge >= 0.3 is 5.97 Å². The molecule has 2 unspecified atom stereocenters. The van der Waals surface area contributed by atoms with E-state index in [4.69, 9.17) is 4.74 Å². The van der Waals surface area contributed by atoms with E-state index in [1.807, 2.05) is 0 Å². The normalized spacial score (nSPS) is 21.3. The Balaban J connectivity index is 2.20. The molecule has 0 amide bonds. The fraction of sp³-hybridized carbons (Fsp3) is 0.235. The molecule has 0 spiro atoms. The van der Waals surface area contributed by atoms with E-state index >= 15 is 0 Å². The minimum atomic E-state index is -1.68. The number of carbonyl (C=O) groups excluding carboxylic acids is 1. The van der Waals surface area contributed by atoms with Crippen molar-refractivity contribution in [1.29, 1.82) is 0 Å². The van der Waals surface area contributed by atoms with E-state index in [2.05, 4.69) is 6.58 Å². The molecule has 2 rings (SSSR count). The van der Waals surface area contributed by atoms with Crippen molar-refractivity contribution in [1.82, 2.24) is 0 Å². The van der Waals surface area contributed by atoms with Crippen LogP contribution in [0, 0.1) is 0 Å². The summed E-state index contributed by atoms with van der Waals surface area (Å²) in [6.07, 6.45) is -0.152. The van der Waals surface area contributed by atoms with Gasteiger partial charge in [-0.05, 0) is 42.7 Å². The third-order valence-corrected chi connectivity index (χ3v) is 3.26. The molecule has 1 aromatic carbocycles. The molecule has 0 aromatic heterocycles. The highest BCUT2D eigenvalue weighted by Gasteiger charge is 2.29. The lowest BCUT2D eigenvalue weighted by molar-refractivity contribution is -0.130. The number of ether oxygens (including phenoxy) is 1. The minimum Gasteiger partial charge on any atom is -0.423 e. The van der Waals surface area contributed by atoms with E-state index in [-0.39, 0.29) is 5.57 Å². The first-order valence-corrected chi connectivity index (χ1v) is 6.55. The number of allylic oxidation sites excluding steroid dienone is 4. The van der Waals surface area contributed by atoms with Gasteiger partial charge in [-0.15, -0.1) is 0 Å². The Hall–Kier alpha value is -2.23. The average molecular weight is 290 g/mol. The van der Waals surface area contributed by atoms with Gasteiger partial charge < -0.3 is 4.74 Å². The van der Waals surface area contributed by atoms with Crippen LogP contribution >= 0.6 is 0 Å². The lowest BCUT2D eigenvalue weighted by Gasteiger charge is -2.21. The summed E-state index contributed by atoms with van der Waals surface area (Å²) >= 11 is 0. The third kappa shape index (κ3) is 3.27. The molecule has 2 nitrogen and oxygen atoms in total. The Bertz CT molecular complexity index is 627. The summed E-state index contributed by atoms with van der Waals surface area (Å²) in [4.78, 5) is 11.4. The van der Waals surface area contributed by atoms with Gasteiger partial charge in [-0.25, -0.2) is 13.6 Å². The van der Waals surface area contributed by atoms with Crippen molar-refractivity contribution in [2.75, 3.05) is 0 Å². The SMILES string of the molecule is C=C(C)C(=O)Oc1ccc(C2=CC=C(C)C(F)C2F)cc1. The Kier molecular flexibility index (Phi) is 4.36. The van der Waals surface area contributed by atoms with E-state index in [1.54, 1.807) is 50.3 Å². The highest BCUT2D eigenvalue weighted by molar-refractivity contribution is 5.88. The summed E-state index contributed by atoms with van der Waals surface area (Å²) < 4.78 is 32.7. The smallest absolute Gasteiger partial charge is 0.338 e. The van der Waals surface area contributed by atoms with Gasteiger partial charge in [-0.2, -0.15) is 0 Å². The van der Waals surface area contributed by atoms with Crippen LogP contribution in [0.5, 0.6) is 5.75 Å². The van der Waals surface area contributed by atoms with Crippen molar-refractivity contribution in [2.45, 2.75) is 26.2 Å². The number of carbonyl (C=O) groups is 1. The van der Waals surface area contributed by atoms with Crippen molar-refractivity contribution in [3.05, 3.63) is 59.7 Å². The topological polar surface area (TPSA) is 26.3 Å². The van der Waals surface area contributed by atoms with Crippen molar-refractivity contribution in [3.63, 3.8) is 0 Å². The van der Waals surface area contributed by atoms with Gasteiger partial charge in [0.25, 0.3) is 0 Å². The minimum absolute atomic E-state index is 0.283. The molecule has 4 heteroatoms. The van der Waals surface area contributed by atoms with Gasteiger partial charge in [0.05, 0.1) is 0 Å². The maximum atomic E-state index is 14.0. The van der Waals surface area contributed by atoms with E-state index in [0.29, 0.717) is 22.5 Å². The maximum absolute atomic E-state index is 14.0. The van der Waals surface area contributed by atoms with Crippen molar-refractivity contribution >= 4 is 11.5 Å². The van der Waals surface area contributed by atoms with Crippen molar-refractivity contribution < 1.29 is 18.3 Å². The molecule has 0 heterocycles. The second kappa shape index (κ2) is 6.04. The number of hydrogen-bond donors (Lipinski definition) is 0. The van der Waals surface area contributed by atoms with Gasteiger partial charge in [0.15, 0.2) is 12.3 Å². The molecule has 0 saturated carbocycles. The number of benzene rings is 1.